The lowest BCUT2D eigenvalue weighted by Gasteiger charge is -2.27. The van der Waals surface area contributed by atoms with Crippen molar-refractivity contribution in [2.75, 3.05) is 6.16 Å². The number of hydrogen-bond acceptors (Lipinski definition) is 1. The molecule has 2 rings (SSSR count). The molecule has 0 atom stereocenters. The Labute approximate surface area is 150 Å². The minimum atomic E-state index is -1.97. The van der Waals surface area contributed by atoms with Crippen molar-refractivity contribution in [3.8, 4) is 0 Å². The number of allylic oxidation sites excluding steroid dienone is 4. The van der Waals surface area contributed by atoms with Crippen LogP contribution in [0.15, 0.2) is 97.4 Å². The second-order valence-electron chi connectivity index (χ2n) is 5.79. The largest absolute Gasteiger partial charge is 0.481 e. The number of carboxylic acids is 1. The van der Waals surface area contributed by atoms with Crippen molar-refractivity contribution in [3.63, 3.8) is 0 Å². The van der Waals surface area contributed by atoms with Gasteiger partial charge in [0.05, 0.1) is 11.5 Å². The lowest BCUT2D eigenvalue weighted by atomic mass is 10.3. The maximum atomic E-state index is 11.1. The van der Waals surface area contributed by atoms with Crippen LogP contribution in [0.2, 0.25) is 0 Å². The first-order valence-corrected chi connectivity index (χ1v) is 10.3. The summed E-state index contributed by atoms with van der Waals surface area (Å²) in [5, 5.41) is 12.6. The minimum Gasteiger partial charge on any atom is -0.481 e. The van der Waals surface area contributed by atoms with Crippen molar-refractivity contribution in [2.24, 2.45) is 0 Å². The van der Waals surface area contributed by atoms with E-state index in [4.69, 9.17) is 5.11 Å². The second-order valence-corrected chi connectivity index (χ2v) is 9.46. The maximum absolute atomic E-state index is 11.1. The molecule has 128 valence electrons. The van der Waals surface area contributed by atoms with E-state index < -0.39 is 13.2 Å². The molecule has 2 aromatic rings. The lowest BCUT2D eigenvalue weighted by Crippen LogP contribution is -2.26. The molecule has 25 heavy (non-hydrogen) atoms. The summed E-state index contributed by atoms with van der Waals surface area (Å²) in [7, 11) is -1.97. The predicted octanol–water partition coefficient (Wildman–Crippen LogP) is 4.78. The molecule has 0 spiro atoms. The molecule has 0 amide bonds. The van der Waals surface area contributed by atoms with E-state index in [2.05, 4.69) is 37.4 Å². The van der Waals surface area contributed by atoms with E-state index in [1.54, 1.807) is 6.08 Å². The molecule has 0 unspecified atom stereocenters. The molecule has 0 heterocycles. The number of aliphatic carboxylic acids is 1. The molecule has 1 N–H and O–H groups in total. The van der Waals surface area contributed by atoms with Crippen LogP contribution >= 0.6 is 7.26 Å². The highest BCUT2D eigenvalue weighted by atomic mass is 31.2. The molecule has 0 aliphatic rings. The van der Waals surface area contributed by atoms with Gasteiger partial charge in [0.2, 0.25) is 0 Å². The first-order valence-electron chi connectivity index (χ1n) is 8.31. The third-order valence-electron chi connectivity index (χ3n) is 4.19. The Balaban J connectivity index is 2.59. The van der Waals surface area contributed by atoms with Crippen LogP contribution in [0.4, 0.5) is 0 Å². The molecule has 0 saturated carbocycles. The molecule has 2 nitrogen and oxygen atoms in total. The minimum absolute atomic E-state index is 0.167. The van der Waals surface area contributed by atoms with Crippen LogP contribution in [-0.2, 0) is 4.79 Å². The number of hydrogen-bond donors (Lipinski definition) is 1. The van der Waals surface area contributed by atoms with Crippen molar-refractivity contribution >= 4 is 23.8 Å². The number of rotatable bonds is 9. The van der Waals surface area contributed by atoms with E-state index in [-0.39, 0.29) is 6.42 Å². The predicted molar refractivity (Wildman–Crippen MR) is 109 cm³/mol. The summed E-state index contributed by atoms with van der Waals surface area (Å²) in [6.45, 7) is 8.13. The van der Waals surface area contributed by atoms with Crippen molar-refractivity contribution in [1.82, 2.24) is 0 Å². The summed E-state index contributed by atoms with van der Waals surface area (Å²) >= 11 is 0. The van der Waals surface area contributed by atoms with Gasteiger partial charge in [0, 0.05) is 6.42 Å². The first-order chi connectivity index (χ1) is 12.1. The first kappa shape index (κ1) is 18.9. The molecule has 0 bridgehead atoms. The standard InChI is InChI=1S/C22H23O2P/c1-3-4-12-19(2)25(18-11-17-22(23)24,20-13-7-5-8-14-20)21-15-9-6-10-16-21/h3-10,12-16H,1-2,11,17-18H2/p+1/b12-4-. The van der Waals surface area contributed by atoms with Gasteiger partial charge in [-0.2, -0.15) is 0 Å². The number of carboxylic acid groups (broad SMARTS) is 1. The smallest absolute Gasteiger partial charge is 0.303 e. The number of carbonyl (C=O) groups is 1. The third kappa shape index (κ3) is 4.55. The van der Waals surface area contributed by atoms with Gasteiger partial charge >= 0.3 is 5.97 Å². The van der Waals surface area contributed by atoms with Gasteiger partial charge in [0.15, 0.2) is 0 Å². The van der Waals surface area contributed by atoms with Crippen LogP contribution in [0, 0.1) is 0 Å². The Kier molecular flexibility index (Phi) is 6.91. The summed E-state index contributed by atoms with van der Waals surface area (Å²) in [6.07, 6.45) is 7.23. The summed E-state index contributed by atoms with van der Waals surface area (Å²) in [5.74, 6) is -0.758. The zero-order valence-electron chi connectivity index (χ0n) is 14.3. The van der Waals surface area contributed by atoms with Crippen molar-refractivity contribution < 1.29 is 9.90 Å². The summed E-state index contributed by atoms with van der Waals surface area (Å²) < 4.78 is 0. The van der Waals surface area contributed by atoms with Crippen LogP contribution in [0.3, 0.4) is 0 Å². The van der Waals surface area contributed by atoms with E-state index >= 15 is 0 Å². The average Bonchev–Trinajstić information content (AvgIpc) is 2.64. The van der Waals surface area contributed by atoms with Crippen molar-refractivity contribution in [3.05, 3.63) is 97.4 Å². The van der Waals surface area contributed by atoms with E-state index in [0.717, 1.165) is 11.5 Å². The highest BCUT2D eigenvalue weighted by Gasteiger charge is 2.44. The van der Waals surface area contributed by atoms with Gasteiger partial charge in [0.1, 0.15) is 17.9 Å². The molecule has 2 aromatic carbocycles. The Hall–Kier alpha value is -2.44. The Morgan fingerprint density at radius 2 is 1.52 bits per heavy atom. The monoisotopic (exact) mass is 351 g/mol. The van der Waals surface area contributed by atoms with Crippen LogP contribution in [0.5, 0.6) is 0 Å². The quantitative estimate of drug-likeness (QED) is 0.522. The van der Waals surface area contributed by atoms with Gasteiger partial charge in [-0.05, 0) is 36.8 Å². The molecule has 0 fully saturated rings. The Morgan fingerprint density at radius 3 is 1.96 bits per heavy atom. The third-order valence-corrected chi connectivity index (χ3v) is 8.67. The molecule has 3 heteroatoms. The van der Waals surface area contributed by atoms with Gasteiger partial charge in [-0.1, -0.05) is 61.7 Å². The van der Waals surface area contributed by atoms with Crippen molar-refractivity contribution in [1.29, 1.82) is 0 Å². The van der Waals surface area contributed by atoms with E-state index in [9.17, 15) is 4.79 Å². The lowest BCUT2D eigenvalue weighted by molar-refractivity contribution is -0.137. The van der Waals surface area contributed by atoms with Crippen LogP contribution in [0.25, 0.3) is 0 Å². The van der Waals surface area contributed by atoms with Gasteiger partial charge in [0.25, 0.3) is 0 Å². The molecule has 0 aliphatic heterocycles. The average molecular weight is 351 g/mol. The van der Waals surface area contributed by atoms with Gasteiger partial charge in [-0.25, -0.2) is 0 Å². The van der Waals surface area contributed by atoms with Gasteiger partial charge < -0.3 is 5.11 Å². The van der Waals surface area contributed by atoms with Crippen LogP contribution in [0.1, 0.15) is 12.8 Å². The molecular weight excluding hydrogens is 327 g/mol. The zero-order chi connectivity index (χ0) is 18.1. The fourth-order valence-corrected chi connectivity index (χ4v) is 7.12. The molecule has 0 saturated heterocycles. The van der Waals surface area contributed by atoms with E-state index in [0.29, 0.717) is 6.42 Å². The highest BCUT2D eigenvalue weighted by Crippen LogP contribution is 2.63. The molecular formula is C22H24O2P+. The Morgan fingerprint density at radius 1 is 1.00 bits per heavy atom. The Bertz CT molecular complexity index is 709. The van der Waals surface area contributed by atoms with Crippen molar-refractivity contribution in [2.45, 2.75) is 12.8 Å². The van der Waals surface area contributed by atoms with Crippen LogP contribution in [-0.4, -0.2) is 17.2 Å². The molecule has 0 radical (unpaired) electrons. The molecule has 0 aromatic heterocycles. The van der Waals surface area contributed by atoms with E-state index in [1.807, 2.05) is 48.6 Å². The summed E-state index contributed by atoms with van der Waals surface area (Å²) in [5.41, 5.74) is 0. The van der Waals surface area contributed by atoms with Gasteiger partial charge in [-0.3, -0.25) is 4.79 Å². The molecule has 0 aliphatic carbocycles. The fourth-order valence-electron chi connectivity index (χ4n) is 3.02. The van der Waals surface area contributed by atoms with Gasteiger partial charge in [-0.15, -0.1) is 0 Å². The SMILES string of the molecule is C=C/C=C\C(=C)[P+](CCCC(=O)O)(c1ccccc1)c1ccccc1. The topological polar surface area (TPSA) is 37.3 Å². The highest BCUT2D eigenvalue weighted by molar-refractivity contribution is 7.93. The summed E-state index contributed by atoms with van der Waals surface area (Å²) in [6, 6.07) is 20.7. The second kappa shape index (κ2) is 9.15. The number of benzene rings is 2. The fraction of sp³-hybridized carbons (Fsp3) is 0.136. The maximum Gasteiger partial charge on any atom is 0.303 e. The summed E-state index contributed by atoms with van der Waals surface area (Å²) in [4.78, 5) is 11.1. The van der Waals surface area contributed by atoms with E-state index in [1.165, 1.54) is 10.6 Å². The zero-order valence-corrected chi connectivity index (χ0v) is 15.2. The van der Waals surface area contributed by atoms with Crippen LogP contribution < -0.4 is 10.6 Å². The normalized spacial score (nSPS) is 11.4.